The molecule has 1 aromatic heterocycles. The maximum atomic E-state index is 12.4. The summed E-state index contributed by atoms with van der Waals surface area (Å²) in [5.74, 6) is -0.180. The Morgan fingerprint density at radius 1 is 1.04 bits per heavy atom. The standard InChI is InChI=1S/C15H21N5O5/c1-11-12(17-25-16-11)9-13(21)18-3-2-4-19(6-5-18)14(22)10-20-7-8-24-15(20)23/h2-10H2,1H3. The van der Waals surface area contributed by atoms with Crippen molar-refractivity contribution in [2.45, 2.75) is 19.8 Å². The lowest BCUT2D eigenvalue weighted by molar-refractivity contribution is -0.133. The summed E-state index contributed by atoms with van der Waals surface area (Å²) in [6, 6.07) is 0. The number of carbonyl (C=O) groups is 3. The van der Waals surface area contributed by atoms with Crippen LogP contribution in [0.3, 0.4) is 0 Å². The molecule has 2 saturated heterocycles. The van der Waals surface area contributed by atoms with Gasteiger partial charge in [0.1, 0.15) is 24.5 Å². The van der Waals surface area contributed by atoms with E-state index in [1.54, 1.807) is 16.7 Å². The van der Waals surface area contributed by atoms with Crippen LogP contribution in [0.15, 0.2) is 4.63 Å². The maximum Gasteiger partial charge on any atom is 0.410 e. The summed E-state index contributed by atoms with van der Waals surface area (Å²) in [5.41, 5.74) is 1.15. The van der Waals surface area contributed by atoms with Gasteiger partial charge in [-0.1, -0.05) is 10.3 Å². The summed E-state index contributed by atoms with van der Waals surface area (Å²) < 4.78 is 9.44. The lowest BCUT2D eigenvalue weighted by Crippen LogP contribution is -2.43. The van der Waals surface area contributed by atoms with Gasteiger partial charge in [0.25, 0.3) is 0 Å². The zero-order valence-electron chi connectivity index (χ0n) is 14.1. The van der Waals surface area contributed by atoms with Crippen molar-refractivity contribution >= 4 is 17.9 Å². The van der Waals surface area contributed by atoms with Gasteiger partial charge in [-0.15, -0.1) is 0 Å². The highest BCUT2D eigenvalue weighted by Crippen LogP contribution is 2.10. The molecule has 1 aromatic rings. The van der Waals surface area contributed by atoms with Crippen molar-refractivity contribution < 1.29 is 23.7 Å². The van der Waals surface area contributed by atoms with E-state index in [0.717, 1.165) is 0 Å². The van der Waals surface area contributed by atoms with E-state index < -0.39 is 6.09 Å². The van der Waals surface area contributed by atoms with Crippen LogP contribution in [0, 0.1) is 6.92 Å². The van der Waals surface area contributed by atoms with Crippen LogP contribution in [0.1, 0.15) is 17.8 Å². The fraction of sp³-hybridized carbons (Fsp3) is 0.667. The molecule has 3 heterocycles. The second-order valence-electron chi connectivity index (χ2n) is 6.12. The number of nitrogens with zero attached hydrogens (tertiary/aromatic N) is 5. The van der Waals surface area contributed by atoms with Gasteiger partial charge in [0, 0.05) is 26.2 Å². The molecule has 0 radical (unpaired) electrons. The van der Waals surface area contributed by atoms with E-state index in [4.69, 9.17) is 4.74 Å². The molecule has 3 amide bonds. The van der Waals surface area contributed by atoms with Gasteiger partial charge in [0.2, 0.25) is 11.8 Å². The molecule has 0 bridgehead atoms. The van der Waals surface area contributed by atoms with Crippen LogP contribution in [0.4, 0.5) is 4.79 Å². The number of carbonyl (C=O) groups excluding carboxylic acids is 3. The molecule has 0 aliphatic carbocycles. The normalized spacial score (nSPS) is 18.3. The average molecular weight is 351 g/mol. The van der Waals surface area contributed by atoms with Crippen molar-refractivity contribution in [3.63, 3.8) is 0 Å². The first-order valence-corrected chi connectivity index (χ1v) is 8.30. The van der Waals surface area contributed by atoms with E-state index in [1.165, 1.54) is 4.90 Å². The molecular weight excluding hydrogens is 330 g/mol. The molecule has 0 saturated carbocycles. The number of aromatic nitrogens is 2. The Kier molecular flexibility index (Phi) is 5.15. The fourth-order valence-corrected chi connectivity index (χ4v) is 2.91. The molecule has 136 valence electrons. The maximum absolute atomic E-state index is 12.4. The number of ether oxygens (including phenoxy) is 1. The highest BCUT2D eigenvalue weighted by Gasteiger charge is 2.28. The van der Waals surface area contributed by atoms with Gasteiger partial charge < -0.3 is 14.5 Å². The fourth-order valence-electron chi connectivity index (χ4n) is 2.91. The Morgan fingerprint density at radius 3 is 2.36 bits per heavy atom. The van der Waals surface area contributed by atoms with Gasteiger partial charge in [-0.05, 0) is 13.3 Å². The van der Waals surface area contributed by atoms with E-state index in [-0.39, 0.29) is 24.8 Å². The van der Waals surface area contributed by atoms with Crippen LogP contribution >= 0.6 is 0 Å². The van der Waals surface area contributed by atoms with Gasteiger partial charge in [0.15, 0.2) is 0 Å². The Morgan fingerprint density at radius 2 is 1.76 bits per heavy atom. The second-order valence-corrected chi connectivity index (χ2v) is 6.12. The highest BCUT2D eigenvalue weighted by molar-refractivity contribution is 5.83. The third-order valence-electron chi connectivity index (χ3n) is 4.44. The Hall–Kier alpha value is -2.65. The van der Waals surface area contributed by atoms with Crippen molar-refractivity contribution in [1.82, 2.24) is 25.0 Å². The Labute approximate surface area is 144 Å². The van der Waals surface area contributed by atoms with Crippen LogP contribution < -0.4 is 0 Å². The first-order valence-electron chi connectivity index (χ1n) is 8.30. The first kappa shape index (κ1) is 17.2. The molecule has 0 aromatic carbocycles. The smallest absolute Gasteiger partial charge is 0.410 e. The van der Waals surface area contributed by atoms with Gasteiger partial charge in [-0.2, -0.15) is 0 Å². The monoisotopic (exact) mass is 351 g/mol. The number of amides is 3. The molecular formula is C15H21N5O5. The molecule has 10 heteroatoms. The van der Waals surface area contributed by atoms with Crippen LogP contribution in [-0.2, 0) is 20.7 Å². The average Bonchev–Trinajstić information content (AvgIpc) is 3.08. The summed E-state index contributed by atoms with van der Waals surface area (Å²) >= 11 is 0. The van der Waals surface area contributed by atoms with Crippen molar-refractivity contribution in [3.8, 4) is 0 Å². The van der Waals surface area contributed by atoms with E-state index in [0.29, 0.717) is 57.1 Å². The number of aryl methyl sites for hydroxylation is 1. The van der Waals surface area contributed by atoms with Gasteiger partial charge in [0.05, 0.1) is 13.0 Å². The molecule has 2 aliphatic heterocycles. The van der Waals surface area contributed by atoms with E-state index in [9.17, 15) is 14.4 Å². The Balaban J connectivity index is 1.51. The number of cyclic esters (lactones) is 1. The molecule has 0 unspecified atom stereocenters. The van der Waals surface area contributed by atoms with Gasteiger partial charge >= 0.3 is 6.09 Å². The predicted octanol–water partition coefficient (Wildman–Crippen LogP) is -0.566. The summed E-state index contributed by atoms with van der Waals surface area (Å²) in [5, 5.41) is 7.41. The molecule has 2 aliphatic rings. The molecule has 3 rings (SSSR count). The topological polar surface area (TPSA) is 109 Å². The number of hydrogen-bond acceptors (Lipinski definition) is 7. The van der Waals surface area contributed by atoms with Crippen LogP contribution in [0.5, 0.6) is 0 Å². The zero-order valence-corrected chi connectivity index (χ0v) is 14.1. The minimum atomic E-state index is -0.448. The summed E-state index contributed by atoms with van der Waals surface area (Å²) in [6.45, 7) is 4.58. The second kappa shape index (κ2) is 7.49. The Bertz CT molecular complexity index is 660. The van der Waals surface area contributed by atoms with Crippen LogP contribution in [-0.4, -0.2) is 88.8 Å². The summed E-state index contributed by atoms with van der Waals surface area (Å²) in [4.78, 5) is 41.0. The lowest BCUT2D eigenvalue weighted by Gasteiger charge is -2.23. The lowest BCUT2D eigenvalue weighted by atomic mass is 10.2. The van der Waals surface area contributed by atoms with Crippen LogP contribution in [0.25, 0.3) is 0 Å². The molecule has 2 fully saturated rings. The van der Waals surface area contributed by atoms with E-state index >= 15 is 0 Å². The zero-order chi connectivity index (χ0) is 17.8. The summed E-state index contributed by atoms with van der Waals surface area (Å²) in [6.07, 6.45) is 0.387. The van der Waals surface area contributed by atoms with Crippen molar-refractivity contribution in [3.05, 3.63) is 11.4 Å². The quantitative estimate of drug-likeness (QED) is 0.715. The largest absolute Gasteiger partial charge is 0.448 e. The first-order chi connectivity index (χ1) is 12.0. The number of rotatable bonds is 4. The third kappa shape index (κ3) is 4.06. The van der Waals surface area contributed by atoms with Crippen LogP contribution in [0.2, 0.25) is 0 Å². The highest BCUT2D eigenvalue weighted by atomic mass is 16.6. The van der Waals surface area contributed by atoms with Crippen molar-refractivity contribution in [1.29, 1.82) is 0 Å². The van der Waals surface area contributed by atoms with Gasteiger partial charge in [-0.3, -0.25) is 14.5 Å². The van der Waals surface area contributed by atoms with E-state index in [2.05, 4.69) is 14.9 Å². The van der Waals surface area contributed by atoms with Crippen molar-refractivity contribution in [2.75, 3.05) is 45.9 Å². The minimum absolute atomic E-state index is 0.0244. The third-order valence-corrected chi connectivity index (χ3v) is 4.44. The minimum Gasteiger partial charge on any atom is -0.448 e. The molecule has 10 nitrogen and oxygen atoms in total. The predicted molar refractivity (Wildman–Crippen MR) is 83.4 cm³/mol. The number of hydrogen-bond donors (Lipinski definition) is 0. The molecule has 0 spiro atoms. The molecule has 25 heavy (non-hydrogen) atoms. The van der Waals surface area contributed by atoms with Gasteiger partial charge in [-0.25, -0.2) is 9.42 Å². The summed E-state index contributed by atoms with van der Waals surface area (Å²) in [7, 11) is 0. The molecule has 0 atom stereocenters. The SMILES string of the molecule is Cc1nonc1CC(=O)N1CCCN(C(=O)CN2CCOC2=O)CC1. The van der Waals surface area contributed by atoms with Crippen molar-refractivity contribution in [2.24, 2.45) is 0 Å². The molecule has 0 N–H and O–H groups in total. The van der Waals surface area contributed by atoms with E-state index in [1.807, 2.05) is 0 Å².